The Kier molecular flexibility index (Phi) is 2.48. The number of thiazole rings is 1. The van der Waals surface area contributed by atoms with Crippen molar-refractivity contribution in [2.75, 3.05) is 5.73 Å². The van der Waals surface area contributed by atoms with E-state index in [2.05, 4.69) is 23.9 Å². The van der Waals surface area contributed by atoms with Crippen LogP contribution in [0, 0.1) is 13.8 Å². The first kappa shape index (κ1) is 10.2. The molecule has 2 aromatic heterocycles. The Labute approximate surface area is 92.8 Å². The molecule has 2 heterocycles. The summed E-state index contributed by atoms with van der Waals surface area (Å²) in [5.41, 5.74) is 9.03. The Hall–Kier alpha value is -1.36. The van der Waals surface area contributed by atoms with Crippen molar-refractivity contribution >= 4 is 16.5 Å². The van der Waals surface area contributed by atoms with Crippen molar-refractivity contribution in [1.29, 1.82) is 0 Å². The molecule has 0 aromatic carbocycles. The van der Waals surface area contributed by atoms with Gasteiger partial charge in [0.1, 0.15) is 0 Å². The van der Waals surface area contributed by atoms with E-state index in [1.807, 2.05) is 17.8 Å². The largest absolute Gasteiger partial charge is 0.375 e. The van der Waals surface area contributed by atoms with E-state index in [1.54, 1.807) is 0 Å². The molecule has 4 nitrogen and oxygen atoms in total. The molecule has 0 saturated carbocycles. The standard InChI is InChI=1S/C10H14N4S/c1-4-14-7(3)9(6(2)13-14)8-5-12-10(11)15-8/h5H,4H2,1-3H3,(H2,11,12). The third-order valence-corrected chi connectivity index (χ3v) is 3.29. The molecular weight excluding hydrogens is 208 g/mol. The minimum Gasteiger partial charge on any atom is -0.375 e. The van der Waals surface area contributed by atoms with Crippen LogP contribution in [0.15, 0.2) is 6.20 Å². The van der Waals surface area contributed by atoms with Crippen LogP contribution in [0.1, 0.15) is 18.3 Å². The molecule has 0 radical (unpaired) electrons. The van der Waals surface area contributed by atoms with Gasteiger partial charge in [-0.1, -0.05) is 11.3 Å². The Morgan fingerprint density at radius 3 is 2.67 bits per heavy atom. The van der Waals surface area contributed by atoms with Crippen molar-refractivity contribution in [3.05, 3.63) is 17.6 Å². The van der Waals surface area contributed by atoms with Gasteiger partial charge in [0.05, 0.1) is 10.6 Å². The van der Waals surface area contributed by atoms with Crippen molar-refractivity contribution in [3.8, 4) is 10.4 Å². The summed E-state index contributed by atoms with van der Waals surface area (Å²) in [5, 5.41) is 5.07. The van der Waals surface area contributed by atoms with E-state index in [9.17, 15) is 0 Å². The molecule has 0 aliphatic carbocycles. The van der Waals surface area contributed by atoms with E-state index < -0.39 is 0 Å². The predicted octanol–water partition coefficient (Wildman–Crippen LogP) is 2.23. The van der Waals surface area contributed by atoms with Crippen molar-refractivity contribution in [3.63, 3.8) is 0 Å². The van der Waals surface area contributed by atoms with E-state index >= 15 is 0 Å². The molecule has 2 N–H and O–H groups in total. The minimum atomic E-state index is 0.605. The SMILES string of the molecule is CCn1nc(C)c(-c2cnc(N)s2)c1C. The fourth-order valence-electron chi connectivity index (χ4n) is 1.76. The topological polar surface area (TPSA) is 56.7 Å². The number of nitrogen functional groups attached to an aromatic ring is 1. The van der Waals surface area contributed by atoms with Gasteiger partial charge in [-0.25, -0.2) is 4.98 Å². The Morgan fingerprint density at radius 1 is 1.47 bits per heavy atom. The molecule has 80 valence electrons. The number of aryl methyl sites for hydroxylation is 2. The molecule has 0 amide bonds. The Morgan fingerprint density at radius 2 is 2.20 bits per heavy atom. The second kappa shape index (κ2) is 3.66. The molecule has 15 heavy (non-hydrogen) atoms. The van der Waals surface area contributed by atoms with E-state index in [0.29, 0.717) is 5.13 Å². The fourth-order valence-corrected chi connectivity index (χ4v) is 2.60. The van der Waals surface area contributed by atoms with Crippen molar-refractivity contribution < 1.29 is 0 Å². The normalized spacial score (nSPS) is 10.9. The molecule has 0 atom stereocenters. The van der Waals surface area contributed by atoms with Crippen LogP contribution in [0.25, 0.3) is 10.4 Å². The lowest BCUT2D eigenvalue weighted by Crippen LogP contribution is -1.98. The molecule has 0 aliphatic heterocycles. The highest BCUT2D eigenvalue weighted by Crippen LogP contribution is 2.32. The van der Waals surface area contributed by atoms with Gasteiger partial charge in [0, 0.05) is 24.0 Å². The average molecular weight is 222 g/mol. The van der Waals surface area contributed by atoms with Gasteiger partial charge in [-0.3, -0.25) is 4.68 Å². The summed E-state index contributed by atoms with van der Waals surface area (Å²) < 4.78 is 2.00. The predicted molar refractivity (Wildman–Crippen MR) is 62.9 cm³/mol. The number of hydrogen-bond acceptors (Lipinski definition) is 4. The zero-order valence-corrected chi connectivity index (χ0v) is 9.93. The summed E-state index contributed by atoms with van der Waals surface area (Å²) in [6, 6.07) is 0. The molecule has 2 rings (SSSR count). The van der Waals surface area contributed by atoms with Crippen LogP contribution in [0.3, 0.4) is 0 Å². The number of anilines is 1. The third kappa shape index (κ3) is 1.63. The first-order valence-electron chi connectivity index (χ1n) is 4.89. The van der Waals surface area contributed by atoms with Crippen LogP contribution in [-0.2, 0) is 6.54 Å². The molecule has 0 unspecified atom stereocenters. The zero-order valence-electron chi connectivity index (χ0n) is 9.11. The molecular formula is C10H14N4S. The average Bonchev–Trinajstić information content (AvgIpc) is 2.71. The summed E-state index contributed by atoms with van der Waals surface area (Å²) in [4.78, 5) is 5.17. The Bertz CT molecular complexity index is 484. The number of hydrogen-bond donors (Lipinski definition) is 1. The van der Waals surface area contributed by atoms with Crippen molar-refractivity contribution in [2.24, 2.45) is 0 Å². The number of rotatable bonds is 2. The maximum Gasteiger partial charge on any atom is 0.180 e. The van der Waals surface area contributed by atoms with Crippen LogP contribution >= 0.6 is 11.3 Å². The number of nitrogens with two attached hydrogens (primary N) is 1. The molecule has 0 bridgehead atoms. The smallest absolute Gasteiger partial charge is 0.180 e. The molecule has 0 spiro atoms. The van der Waals surface area contributed by atoms with Gasteiger partial charge in [0.15, 0.2) is 5.13 Å². The zero-order chi connectivity index (χ0) is 11.0. The van der Waals surface area contributed by atoms with Gasteiger partial charge >= 0.3 is 0 Å². The van der Waals surface area contributed by atoms with Gasteiger partial charge in [-0.05, 0) is 20.8 Å². The van der Waals surface area contributed by atoms with E-state index in [0.717, 1.165) is 17.1 Å². The van der Waals surface area contributed by atoms with Crippen LogP contribution in [0.2, 0.25) is 0 Å². The van der Waals surface area contributed by atoms with Gasteiger partial charge in [-0.15, -0.1) is 0 Å². The summed E-state index contributed by atoms with van der Waals surface area (Å²) in [5.74, 6) is 0. The van der Waals surface area contributed by atoms with E-state index in [4.69, 9.17) is 5.73 Å². The van der Waals surface area contributed by atoms with Gasteiger partial charge in [-0.2, -0.15) is 5.10 Å². The molecule has 0 aliphatic rings. The number of nitrogens with zero attached hydrogens (tertiary/aromatic N) is 3. The molecule has 2 aromatic rings. The summed E-state index contributed by atoms with van der Waals surface area (Å²) in [7, 11) is 0. The molecule has 0 saturated heterocycles. The highest BCUT2D eigenvalue weighted by Gasteiger charge is 2.14. The van der Waals surface area contributed by atoms with Gasteiger partial charge in [0.2, 0.25) is 0 Å². The van der Waals surface area contributed by atoms with Crippen molar-refractivity contribution in [1.82, 2.24) is 14.8 Å². The fraction of sp³-hybridized carbons (Fsp3) is 0.400. The van der Waals surface area contributed by atoms with Crippen LogP contribution in [0.5, 0.6) is 0 Å². The lowest BCUT2D eigenvalue weighted by Gasteiger charge is -1.99. The number of aromatic nitrogens is 3. The quantitative estimate of drug-likeness (QED) is 0.847. The van der Waals surface area contributed by atoms with Crippen LogP contribution in [0.4, 0.5) is 5.13 Å². The second-order valence-corrected chi connectivity index (χ2v) is 4.49. The van der Waals surface area contributed by atoms with Crippen molar-refractivity contribution in [2.45, 2.75) is 27.3 Å². The highest BCUT2D eigenvalue weighted by molar-refractivity contribution is 7.18. The van der Waals surface area contributed by atoms with E-state index in [-0.39, 0.29) is 0 Å². The van der Waals surface area contributed by atoms with Crippen LogP contribution in [-0.4, -0.2) is 14.8 Å². The second-order valence-electron chi connectivity index (χ2n) is 3.42. The van der Waals surface area contributed by atoms with E-state index in [1.165, 1.54) is 22.6 Å². The summed E-state index contributed by atoms with van der Waals surface area (Å²) in [6.07, 6.45) is 1.82. The first-order chi connectivity index (χ1) is 7.13. The highest BCUT2D eigenvalue weighted by atomic mass is 32.1. The maximum atomic E-state index is 5.64. The van der Waals surface area contributed by atoms with Crippen LogP contribution < -0.4 is 5.73 Å². The molecule has 0 fully saturated rings. The lowest BCUT2D eigenvalue weighted by atomic mass is 10.2. The van der Waals surface area contributed by atoms with Gasteiger partial charge in [0.25, 0.3) is 0 Å². The summed E-state index contributed by atoms with van der Waals surface area (Å²) in [6.45, 7) is 7.07. The molecule has 5 heteroatoms. The lowest BCUT2D eigenvalue weighted by molar-refractivity contribution is 0.634. The minimum absolute atomic E-state index is 0.605. The third-order valence-electron chi connectivity index (χ3n) is 2.45. The monoisotopic (exact) mass is 222 g/mol. The van der Waals surface area contributed by atoms with Gasteiger partial charge < -0.3 is 5.73 Å². The maximum absolute atomic E-state index is 5.64. The summed E-state index contributed by atoms with van der Waals surface area (Å²) >= 11 is 1.51. The first-order valence-corrected chi connectivity index (χ1v) is 5.70. The Balaban J connectivity index is 2.57.